The number of hydrogen-bond donors (Lipinski definition) is 0. The minimum atomic E-state index is -0.0207. The molecular weight excluding hydrogens is 404 g/mol. The predicted molar refractivity (Wildman–Crippen MR) is 133 cm³/mol. The number of allylic oxidation sites excluding steroid dienone is 1. The van der Waals surface area contributed by atoms with Gasteiger partial charge in [0.25, 0.3) is 0 Å². The Kier molecular flexibility index (Phi) is 4.47. The highest BCUT2D eigenvalue weighted by molar-refractivity contribution is 5.47. The highest BCUT2D eigenvalue weighted by atomic mass is 16.5. The Hall–Kier alpha value is -1.42. The molecule has 1 aromatic rings. The number of hydrogen-bond acceptors (Lipinski definition) is 3. The molecule has 3 aliphatic carbocycles. The number of fused-ring (bicyclic) bond motifs is 2. The zero-order chi connectivity index (χ0) is 22.4. The van der Waals surface area contributed by atoms with Gasteiger partial charge in [0.1, 0.15) is 0 Å². The van der Waals surface area contributed by atoms with E-state index in [1.807, 2.05) is 0 Å². The maximum absolute atomic E-state index is 7.45. The van der Waals surface area contributed by atoms with Gasteiger partial charge in [0, 0.05) is 25.2 Å². The first kappa shape index (κ1) is 20.9. The maximum atomic E-state index is 7.45. The van der Waals surface area contributed by atoms with Gasteiger partial charge in [-0.2, -0.15) is 0 Å². The zero-order valence-electron chi connectivity index (χ0n) is 20.8. The molecule has 0 aromatic heterocycles. The van der Waals surface area contributed by atoms with E-state index in [9.17, 15) is 0 Å². The molecule has 7 rings (SSSR count). The van der Waals surface area contributed by atoms with Crippen molar-refractivity contribution < 1.29 is 4.74 Å². The Morgan fingerprint density at radius 3 is 2.73 bits per heavy atom. The summed E-state index contributed by atoms with van der Waals surface area (Å²) in [6.07, 6.45) is 16.5. The van der Waals surface area contributed by atoms with Gasteiger partial charge < -0.3 is 9.64 Å². The van der Waals surface area contributed by atoms with Crippen molar-refractivity contribution >= 4 is 0 Å². The van der Waals surface area contributed by atoms with E-state index in [-0.39, 0.29) is 11.2 Å². The SMILES string of the molecule is CN(C)[C@@H]1CCC2=CC3=CC[C@]4(C)[C@@H](N5CCc6ccccc6C5)CC[C@H]4[C@@]34CC[C@]2(C1)O4. The lowest BCUT2D eigenvalue weighted by Gasteiger charge is -2.55. The summed E-state index contributed by atoms with van der Waals surface area (Å²) in [6.45, 7) is 4.97. The number of rotatable bonds is 2. The average Bonchev–Trinajstić information content (AvgIpc) is 3.33. The van der Waals surface area contributed by atoms with Gasteiger partial charge >= 0.3 is 0 Å². The number of ether oxygens (including phenoxy) is 1. The van der Waals surface area contributed by atoms with Gasteiger partial charge in [-0.25, -0.2) is 0 Å². The molecule has 2 bridgehead atoms. The number of nitrogens with zero attached hydrogens (tertiary/aromatic N) is 2. The zero-order valence-corrected chi connectivity index (χ0v) is 20.8. The molecule has 3 nitrogen and oxygen atoms in total. The van der Waals surface area contributed by atoms with Gasteiger partial charge in [0.2, 0.25) is 0 Å². The fraction of sp³-hybridized carbons (Fsp3) is 0.667. The van der Waals surface area contributed by atoms with Crippen LogP contribution in [0.15, 0.2) is 47.6 Å². The topological polar surface area (TPSA) is 15.7 Å². The Bertz CT molecular complexity index is 1040. The van der Waals surface area contributed by atoms with Crippen LogP contribution in [0.2, 0.25) is 0 Å². The molecule has 0 amide bonds. The second-order valence-electron chi connectivity index (χ2n) is 12.5. The predicted octanol–water partition coefficient (Wildman–Crippen LogP) is 5.50. The lowest BCUT2D eigenvalue weighted by Crippen LogP contribution is -2.57. The van der Waals surface area contributed by atoms with Gasteiger partial charge in [-0.15, -0.1) is 0 Å². The smallest absolute Gasteiger partial charge is 0.0975 e. The van der Waals surface area contributed by atoms with E-state index in [0.29, 0.717) is 23.4 Å². The lowest BCUT2D eigenvalue weighted by atomic mass is 9.59. The molecule has 33 heavy (non-hydrogen) atoms. The summed E-state index contributed by atoms with van der Waals surface area (Å²) < 4.78 is 7.45. The molecule has 0 radical (unpaired) electrons. The van der Waals surface area contributed by atoms with Crippen molar-refractivity contribution in [2.45, 2.75) is 94.5 Å². The first-order valence-corrected chi connectivity index (χ1v) is 13.5. The third kappa shape index (κ3) is 2.79. The summed E-state index contributed by atoms with van der Waals surface area (Å²) in [6, 6.07) is 10.5. The average molecular weight is 445 g/mol. The second kappa shape index (κ2) is 7.06. The summed E-state index contributed by atoms with van der Waals surface area (Å²) in [7, 11) is 4.51. The monoisotopic (exact) mass is 444 g/mol. The van der Waals surface area contributed by atoms with Crippen LogP contribution in [0.25, 0.3) is 0 Å². The fourth-order valence-electron chi connectivity index (χ4n) is 9.18. The third-order valence-corrected chi connectivity index (χ3v) is 10.9. The molecule has 1 saturated heterocycles. The third-order valence-electron chi connectivity index (χ3n) is 10.9. The molecule has 6 atom stereocenters. The summed E-state index contributed by atoms with van der Waals surface area (Å²) in [5.41, 5.74) is 6.61. The first-order chi connectivity index (χ1) is 15.9. The highest BCUT2D eigenvalue weighted by Crippen LogP contribution is 2.67. The molecule has 3 aliphatic heterocycles. The Morgan fingerprint density at radius 2 is 1.88 bits per heavy atom. The van der Waals surface area contributed by atoms with Crippen LogP contribution in [0.4, 0.5) is 0 Å². The van der Waals surface area contributed by atoms with Crippen LogP contribution >= 0.6 is 0 Å². The summed E-state index contributed by atoms with van der Waals surface area (Å²) >= 11 is 0. The molecule has 0 N–H and O–H groups in total. The quantitative estimate of drug-likeness (QED) is 0.599. The molecule has 3 fully saturated rings. The van der Waals surface area contributed by atoms with Gasteiger partial charge in [-0.1, -0.05) is 43.3 Å². The van der Waals surface area contributed by atoms with E-state index >= 15 is 0 Å². The van der Waals surface area contributed by atoms with Crippen LogP contribution in [-0.2, 0) is 17.7 Å². The van der Waals surface area contributed by atoms with E-state index in [2.05, 4.69) is 67.2 Å². The summed E-state index contributed by atoms with van der Waals surface area (Å²) in [4.78, 5) is 5.28. The van der Waals surface area contributed by atoms with Crippen molar-refractivity contribution in [1.29, 1.82) is 0 Å². The van der Waals surface area contributed by atoms with Crippen LogP contribution in [0.3, 0.4) is 0 Å². The highest BCUT2D eigenvalue weighted by Gasteiger charge is 2.67. The summed E-state index contributed by atoms with van der Waals surface area (Å²) in [5, 5.41) is 0. The van der Waals surface area contributed by atoms with Crippen molar-refractivity contribution in [3.05, 3.63) is 58.7 Å². The van der Waals surface area contributed by atoms with Crippen LogP contribution in [0.1, 0.15) is 69.4 Å². The van der Waals surface area contributed by atoms with Gasteiger partial charge in [-0.05, 0) is 105 Å². The van der Waals surface area contributed by atoms with E-state index in [1.165, 1.54) is 64.3 Å². The van der Waals surface area contributed by atoms with Crippen molar-refractivity contribution in [2.75, 3.05) is 20.6 Å². The van der Waals surface area contributed by atoms with E-state index < -0.39 is 0 Å². The minimum Gasteiger partial charge on any atom is -0.359 e. The molecule has 2 saturated carbocycles. The van der Waals surface area contributed by atoms with Gasteiger partial charge in [0.05, 0.1) is 11.2 Å². The minimum absolute atomic E-state index is 0.0188. The molecule has 176 valence electrons. The van der Waals surface area contributed by atoms with E-state index in [1.54, 1.807) is 22.3 Å². The normalized spacial score (nSPS) is 43.9. The van der Waals surface area contributed by atoms with Crippen molar-refractivity contribution in [1.82, 2.24) is 9.80 Å². The molecular formula is C30H40N2O. The maximum Gasteiger partial charge on any atom is 0.0975 e. The van der Waals surface area contributed by atoms with Crippen LogP contribution in [-0.4, -0.2) is 53.7 Å². The molecule has 3 heteroatoms. The molecule has 3 heterocycles. The Morgan fingerprint density at radius 1 is 1.03 bits per heavy atom. The lowest BCUT2D eigenvalue weighted by molar-refractivity contribution is -0.144. The number of benzene rings is 1. The molecule has 6 aliphatic rings. The van der Waals surface area contributed by atoms with Crippen LogP contribution in [0.5, 0.6) is 0 Å². The van der Waals surface area contributed by atoms with Gasteiger partial charge in [0.15, 0.2) is 0 Å². The first-order valence-electron chi connectivity index (χ1n) is 13.5. The fourth-order valence-corrected chi connectivity index (χ4v) is 9.18. The Balaban J connectivity index is 1.22. The largest absolute Gasteiger partial charge is 0.359 e. The van der Waals surface area contributed by atoms with Crippen molar-refractivity contribution in [2.24, 2.45) is 11.3 Å². The van der Waals surface area contributed by atoms with Crippen molar-refractivity contribution in [3.63, 3.8) is 0 Å². The standard InChI is InChI=1S/C30H40N2O/c1-28-14-12-24-18-23-8-9-25(31(2)3)19-29(23)15-16-30(24,33-29)26(28)10-11-27(28)32-17-13-21-6-4-5-7-22(21)20-32/h4-7,12,18,25-27H,8-11,13-17,19-20H2,1-3H3/t25-,26-,27+,28+,29-,30-/m1/s1. The Labute approximate surface area is 199 Å². The van der Waals surface area contributed by atoms with Crippen molar-refractivity contribution in [3.8, 4) is 0 Å². The molecule has 1 aromatic carbocycles. The van der Waals surface area contributed by atoms with E-state index in [0.717, 1.165) is 6.54 Å². The van der Waals surface area contributed by atoms with E-state index in [4.69, 9.17) is 4.74 Å². The van der Waals surface area contributed by atoms with Gasteiger partial charge in [-0.3, -0.25) is 4.90 Å². The summed E-state index contributed by atoms with van der Waals surface area (Å²) in [5.74, 6) is 0.657. The van der Waals surface area contributed by atoms with Crippen LogP contribution < -0.4 is 0 Å². The second-order valence-corrected chi connectivity index (χ2v) is 12.5. The van der Waals surface area contributed by atoms with Crippen LogP contribution in [0, 0.1) is 11.3 Å². The molecule has 2 spiro atoms. The molecule has 0 unspecified atom stereocenters.